The molecule has 2 rings (SSSR count). The smallest absolute Gasteiger partial charge is 0.346 e. The van der Waals surface area contributed by atoms with Gasteiger partial charge in [0.25, 0.3) is 5.91 Å². The quantitative estimate of drug-likeness (QED) is 0.864. The summed E-state index contributed by atoms with van der Waals surface area (Å²) in [5.41, 5.74) is 0.332. The summed E-state index contributed by atoms with van der Waals surface area (Å²) in [6, 6.07) is 7.09. The third kappa shape index (κ3) is 5.05. The molecule has 1 unspecified atom stereocenters. The van der Waals surface area contributed by atoms with Crippen LogP contribution in [-0.4, -0.2) is 16.8 Å². The minimum Gasteiger partial charge on any atom is -0.346 e. The van der Waals surface area contributed by atoms with Crippen LogP contribution in [0.4, 0.5) is 19.0 Å². The molecule has 138 valence electrons. The van der Waals surface area contributed by atoms with E-state index in [9.17, 15) is 22.8 Å². The highest BCUT2D eigenvalue weighted by molar-refractivity contribution is 5.96. The number of carbonyl (C=O) groups is 2. The van der Waals surface area contributed by atoms with Crippen LogP contribution < -0.4 is 10.6 Å². The summed E-state index contributed by atoms with van der Waals surface area (Å²) in [6.45, 7) is 4.58. The van der Waals surface area contributed by atoms with Gasteiger partial charge in [-0.1, -0.05) is 12.1 Å². The maximum Gasteiger partial charge on any atom is 0.416 e. The highest BCUT2D eigenvalue weighted by Crippen LogP contribution is 2.30. The number of hydrogen-bond donors (Lipinski definition) is 2. The van der Waals surface area contributed by atoms with Crippen LogP contribution in [-0.2, 0) is 11.0 Å². The van der Waals surface area contributed by atoms with E-state index in [1.54, 1.807) is 13.8 Å². The number of hydrogen-bond acceptors (Lipinski definition) is 3. The number of aryl methyl sites for hydroxylation is 1. The Morgan fingerprint density at radius 3 is 2.46 bits per heavy atom. The summed E-state index contributed by atoms with van der Waals surface area (Å²) in [5.74, 6) is -0.576. The van der Waals surface area contributed by atoms with Crippen LogP contribution in [0.25, 0.3) is 0 Å². The zero-order valence-electron chi connectivity index (χ0n) is 14.4. The Morgan fingerprint density at radius 2 is 1.85 bits per heavy atom. The number of pyridine rings is 1. The Bertz CT molecular complexity index is 835. The minimum atomic E-state index is -4.45. The average Bonchev–Trinajstić information content (AvgIpc) is 2.52. The molecule has 0 saturated heterocycles. The van der Waals surface area contributed by atoms with Crippen LogP contribution in [0.15, 0.2) is 36.4 Å². The van der Waals surface area contributed by atoms with Gasteiger partial charge in [0.2, 0.25) is 5.91 Å². The zero-order valence-corrected chi connectivity index (χ0v) is 14.4. The Kier molecular flexibility index (Phi) is 5.64. The fourth-order valence-corrected chi connectivity index (χ4v) is 2.39. The highest BCUT2D eigenvalue weighted by Gasteiger charge is 2.30. The number of aromatic nitrogens is 1. The van der Waals surface area contributed by atoms with Crippen molar-refractivity contribution >= 4 is 17.6 Å². The van der Waals surface area contributed by atoms with Gasteiger partial charge in [-0.3, -0.25) is 9.59 Å². The van der Waals surface area contributed by atoms with Gasteiger partial charge in [-0.25, -0.2) is 4.98 Å². The number of nitrogens with zero attached hydrogens (tertiary/aromatic N) is 1. The van der Waals surface area contributed by atoms with Gasteiger partial charge in [0.05, 0.1) is 11.6 Å². The standard InChI is InChI=1S/C18H18F3N3O2/c1-10-7-14(9-16(22-10)24-12(3)25)17(26)23-11(2)13-5-4-6-15(8-13)18(19,20)21/h4-9,11H,1-3H3,(H,23,26)(H,22,24,25). The molecule has 2 amide bonds. The van der Waals surface area contributed by atoms with Crippen molar-refractivity contribution in [3.63, 3.8) is 0 Å². The predicted octanol–water partition coefficient (Wildman–Crippen LogP) is 3.86. The van der Waals surface area contributed by atoms with E-state index in [0.29, 0.717) is 11.3 Å². The molecule has 1 aromatic heterocycles. The van der Waals surface area contributed by atoms with E-state index in [1.165, 1.54) is 31.2 Å². The summed E-state index contributed by atoms with van der Waals surface area (Å²) >= 11 is 0. The lowest BCUT2D eigenvalue weighted by Crippen LogP contribution is -2.27. The van der Waals surface area contributed by atoms with Crippen molar-refractivity contribution in [1.29, 1.82) is 0 Å². The van der Waals surface area contributed by atoms with E-state index >= 15 is 0 Å². The van der Waals surface area contributed by atoms with Gasteiger partial charge < -0.3 is 10.6 Å². The molecule has 0 aliphatic rings. The maximum absolute atomic E-state index is 12.8. The molecular weight excluding hydrogens is 347 g/mol. The summed E-state index contributed by atoms with van der Waals surface area (Å²) in [5, 5.41) is 5.15. The number of amides is 2. The lowest BCUT2D eigenvalue weighted by atomic mass is 10.0. The van der Waals surface area contributed by atoms with Crippen molar-refractivity contribution in [2.45, 2.75) is 33.0 Å². The van der Waals surface area contributed by atoms with Crippen molar-refractivity contribution in [3.05, 3.63) is 58.8 Å². The number of rotatable bonds is 4. The Morgan fingerprint density at radius 1 is 1.15 bits per heavy atom. The van der Waals surface area contributed by atoms with Crippen molar-refractivity contribution < 1.29 is 22.8 Å². The third-order valence-corrected chi connectivity index (χ3v) is 3.58. The van der Waals surface area contributed by atoms with Crippen LogP contribution in [0.2, 0.25) is 0 Å². The Labute approximate surface area is 148 Å². The lowest BCUT2D eigenvalue weighted by molar-refractivity contribution is -0.137. The van der Waals surface area contributed by atoms with Crippen LogP contribution in [0.3, 0.4) is 0 Å². The normalized spacial score (nSPS) is 12.4. The van der Waals surface area contributed by atoms with Crippen molar-refractivity contribution in [2.24, 2.45) is 0 Å². The molecular formula is C18H18F3N3O2. The number of anilines is 1. The van der Waals surface area contributed by atoms with Gasteiger partial charge in [-0.15, -0.1) is 0 Å². The molecule has 0 bridgehead atoms. The molecule has 8 heteroatoms. The molecule has 2 aromatic rings. The first-order valence-corrected chi connectivity index (χ1v) is 7.80. The van der Waals surface area contributed by atoms with Crippen molar-refractivity contribution in [1.82, 2.24) is 10.3 Å². The second kappa shape index (κ2) is 7.55. The molecule has 0 aliphatic carbocycles. The first-order chi connectivity index (χ1) is 12.1. The van der Waals surface area contributed by atoms with E-state index in [-0.39, 0.29) is 17.3 Å². The molecule has 0 fully saturated rings. The van der Waals surface area contributed by atoms with E-state index in [1.807, 2.05) is 0 Å². The van der Waals surface area contributed by atoms with E-state index in [0.717, 1.165) is 12.1 Å². The molecule has 0 aliphatic heterocycles. The average molecular weight is 365 g/mol. The van der Waals surface area contributed by atoms with Gasteiger partial charge in [0.1, 0.15) is 5.82 Å². The maximum atomic E-state index is 12.8. The summed E-state index contributed by atoms with van der Waals surface area (Å²) in [4.78, 5) is 27.7. The summed E-state index contributed by atoms with van der Waals surface area (Å²) in [7, 11) is 0. The van der Waals surface area contributed by atoms with Gasteiger partial charge in [-0.2, -0.15) is 13.2 Å². The van der Waals surface area contributed by atoms with Gasteiger partial charge in [0.15, 0.2) is 0 Å². The monoisotopic (exact) mass is 365 g/mol. The Hall–Kier alpha value is -2.90. The van der Waals surface area contributed by atoms with Crippen LogP contribution in [0.1, 0.15) is 47.1 Å². The lowest BCUT2D eigenvalue weighted by Gasteiger charge is -2.17. The fourth-order valence-electron chi connectivity index (χ4n) is 2.39. The van der Waals surface area contributed by atoms with Crippen LogP contribution in [0, 0.1) is 6.92 Å². The second-order valence-electron chi connectivity index (χ2n) is 5.88. The topological polar surface area (TPSA) is 71.1 Å². The number of benzene rings is 1. The molecule has 0 radical (unpaired) electrons. The molecule has 1 atom stereocenters. The van der Waals surface area contributed by atoms with Gasteiger partial charge in [-0.05, 0) is 43.7 Å². The first-order valence-electron chi connectivity index (χ1n) is 7.80. The molecule has 1 heterocycles. The minimum absolute atomic E-state index is 0.231. The van der Waals surface area contributed by atoms with E-state index in [2.05, 4.69) is 15.6 Å². The molecule has 26 heavy (non-hydrogen) atoms. The summed E-state index contributed by atoms with van der Waals surface area (Å²) < 4.78 is 38.5. The molecule has 2 N–H and O–H groups in total. The Balaban J connectivity index is 2.19. The highest BCUT2D eigenvalue weighted by atomic mass is 19.4. The SMILES string of the molecule is CC(=O)Nc1cc(C(=O)NC(C)c2cccc(C(F)(F)F)c2)cc(C)n1. The summed E-state index contributed by atoms with van der Waals surface area (Å²) in [6.07, 6.45) is -4.45. The van der Waals surface area contributed by atoms with Crippen molar-refractivity contribution in [2.75, 3.05) is 5.32 Å². The van der Waals surface area contributed by atoms with E-state index in [4.69, 9.17) is 0 Å². The molecule has 0 spiro atoms. The van der Waals surface area contributed by atoms with E-state index < -0.39 is 23.7 Å². The molecule has 1 aromatic carbocycles. The number of carbonyl (C=O) groups excluding carboxylic acids is 2. The zero-order chi connectivity index (χ0) is 19.5. The third-order valence-electron chi connectivity index (χ3n) is 3.58. The largest absolute Gasteiger partial charge is 0.416 e. The number of alkyl halides is 3. The van der Waals surface area contributed by atoms with Crippen LogP contribution >= 0.6 is 0 Å². The van der Waals surface area contributed by atoms with Crippen LogP contribution in [0.5, 0.6) is 0 Å². The number of halogens is 3. The first kappa shape index (κ1) is 19.4. The second-order valence-corrected chi connectivity index (χ2v) is 5.88. The molecule has 0 saturated carbocycles. The number of nitrogens with one attached hydrogen (secondary N) is 2. The fraction of sp³-hybridized carbons (Fsp3) is 0.278. The van der Waals surface area contributed by atoms with Gasteiger partial charge >= 0.3 is 6.18 Å². The van der Waals surface area contributed by atoms with Crippen molar-refractivity contribution in [3.8, 4) is 0 Å². The van der Waals surface area contributed by atoms with Gasteiger partial charge in [0, 0.05) is 18.2 Å². The molecule has 5 nitrogen and oxygen atoms in total. The predicted molar refractivity (Wildman–Crippen MR) is 90.6 cm³/mol.